The van der Waals surface area contributed by atoms with Crippen LogP contribution in [-0.2, 0) is 9.59 Å². The number of hydrogen-bond donors (Lipinski definition) is 1. The largest absolute Gasteiger partial charge is 0.346 e. The molecule has 1 N–H and O–H groups in total. The van der Waals surface area contributed by atoms with Gasteiger partial charge in [-0.1, -0.05) is 6.42 Å². The van der Waals surface area contributed by atoms with E-state index in [2.05, 4.69) is 10.3 Å². The first-order valence-corrected chi connectivity index (χ1v) is 6.61. The number of nitrogens with one attached hydrogen (secondary N) is 1. The maximum atomic E-state index is 12.2. The van der Waals surface area contributed by atoms with Gasteiger partial charge in [0.05, 0.1) is 18.3 Å². The van der Waals surface area contributed by atoms with Gasteiger partial charge in [-0.15, -0.1) is 0 Å². The Morgan fingerprint density at radius 3 is 2.76 bits per heavy atom. The molecular formula is C13H18N2O2. The number of Topliss-reactive ketones (excluding diaryl/α,β-unsaturated/α-hetero) is 1. The van der Waals surface area contributed by atoms with Crippen molar-refractivity contribution in [2.24, 2.45) is 16.8 Å². The Labute approximate surface area is 101 Å². The standard InChI is InChI=1S/C13H18N2O2/c16-12-7-14-10-5-4-9(6-11(10)15-12)13(17)8-2-1-3-8/h7-11H,1-6H2,(H,15,16). The second kappa shape index (κ2) is 4.24. The van der Waals surface area contributed by atoms with E-state index < -0.39 is 0 Å². The van der Waals surface area contributed by atoms with Crippen LogP contribution in [0.25, 0.3) is 0 Å². The van der Waals surface area contributed by atoms with Gasteiger partial charge in [-0.25, -0.2) is 0 Å². The van der Waals surface area contributed by atoms with Crippen molar-refractivity contribution in [1.82, 2.24) is 5.32 Å². The number of fused-ring (bicyclic) bond motifs is 1. The van der Waals surface area contributed by atoms with Gasteiger partial charge in [-0.05, 0) is 32.1 Å². The molecular weight excluding hydrogens is 216 g/mol. The van der Waals surface area contributed by atoms with Crippen LogP contribution in [0.2, 0.25) is 0 Å². The van der Waals surface area contributed by atoms with Crippen LogP contribution in [0.1, 0.15) is 38.5 Å². The summed E-state index contributed by atoms with van der Waals surface area (Å²) in [6.07, 6.45) is 7.42. The summed E-state index contributed by atoms with van der Waals surface area (Å²) in [7, 11) is 0. The van der Waals surface area contributed by atoms with Crippen molar-refractivity contribution in [2.75, 3.05) is 0 Å². The zero-order valence-electron chi connectivity index (χ0n) is 9.89. The third kappa shape index (κ3) is 2.01. The molecule has 2 aliphatic carbocycles. The molecule has 0 aromatic rings. The molecule has 4 heteroatoms. The quantitative estimate of drug-likeness (QED) is 0.777. The number of aliphatic imine (C=N–C) groups is 1. The first-order chi connectivity index (χ1) is 8.24. The Hall–Kier alpha value is -1.19. The van der Waals surface area contributed by atoms with Crippen LogP contribution in [0.4, 0.5) is 0 Å². The average Bonchev–Trinajstić information content (AvgIpc) is 2.25. The lowest BCUT2D eigenvalue weighted by molar-refractivity contribution is -0.131. The second-order valence-electron chi connectivity index (χ2n) is 5.50. The highest BCUT2D eigenvalue weighted by Gasteiger charge is 2.39. The zero-order chi connectivity index (χ0) is 11.8. The van der Waals surface area contributed by atoms with E-state index in [0.29, 0.717) is 11.7 Å². The van der Waals surface area contributed by atoms with E-state index >= 15 is 0 Å². The monoisotopic (exact) mass is 234 g/mol. The van der Waals surface area contributed by atoms with Crippen molar-refractivity contribution in [3.63, 3.8) is 0 Å². The van der Waals surface area contributed by atoms with Gasteiger partial charge in [0, 0.05) is 11.8 Å². The minimum Gasteiger partial charge on any atom is -0.346 e. The third-order valence-electron chi connectivity index (χ3n) is 4.43. The molecule has 1 heterocycles. The number of ketones is 1. The van der Waals surface area contributed by atoms with E-state index in [-0.39, 0.29) is 23.9 Å². The maximum absolute atomic E-state index is 12.2. The van der Waals surface area contributed by atoms with E-state index in [0.717, 1.165) is 32.1 Å². The molecule has 2 fully saturated rings. The van der Waals surface area contributed by atoms with Crippen LogP contribution in [-0.4, -0.2) is 30.0 Å². The Morgan fingerprint density at radius 1 is 1.24 bits per heavy atom. The molecule has 3 rings (SSSR count). The van der Waals surface area contributed by atoms with E-state index in [4.69, 9.17) is 0 Å². The summed E-state index contributed by atoms with van der Waals surface area (Å²) >= 11 is 0. The first kappa shape index (κ1) is 10.9. The van der Waals surface area contributed by atoms with Gasteiger partial charge < -0.3 is 5.32 Å². The highest BCUT2D eigenvalue weighted by Crippen LogP contribution is 2.35. The van der Waals surface area contributed by atoms with Crippen LogP contribution in [0, 0.1) is 11.8 Å². The molecule has 0 saturated heterocycles. The van der Waals surface area contributed by atoms with Gasteiger partial charge in [0.25, 0.3) is 5.91 Å². The Balaban J connectivity index is 1.65. The highest BCUT2D eigenvalue weighted by molar-refractivity contribution is 6.26. The molecule has 3 unspecified atom stereocenters. The fourth-order valence-corrected chi connectivity index (χ4v) is 3.16. The second-order valence-corrected chi connectivity index (χ2v) is 5.50. The Morgan fingerprint density at radius 2 is 2.06 bits per heavy atom. The summed E-state index contributed by atoms with van der Waals surface area (Å²) in [5, 5.41) is 2.94. The summed E-state index contributed by atoms with van der Waals surface area (Å²) in [6.45, 7) is 0. The van der Waals surface area contributed by atoms with Crippen molar-refractivity contribution >= 4 is 17.9 Å². The predicted molar refractivity (Wildman–Crippen MR) is 63.9 cm³/mol. The van der Waals surface area contributed by atoms with Crippen molar-refractivity contribution in [3.05, 3.63) is 0 Å². The molecule has 0 aromatic heterocycles. The molecule has 17 heavy (non-hydrogen) atoms. The molecule has 2 saturated carbocycles. The van der Waals surface area contributed by atoms with Gasteiger partial charge in [-0.3, -0.25) is 14.6 Å². The van der Waals surface area contributed by atoms with Gasteiger partial charge in [0.15, 0.2) is 0 Å². The van der Waals surface area contributed by atoms with Gasteiger partial charge in [0.1, 0.15) is 5.78 Å². The molecule has 0 spiro atoms. The molecule has 3 atom stereocenters. The molecule has 0 radical (unpaired) electrons. The summed E-state index contributed by atoms with van der Waals surface area (Å²) in [6, 6.07) is 0.299. The lowest BCUT2D eigenvalue weighted by Gasteiger charge is -2.37. The molecule has 4 nitrogen and oxygen atoms in total. The van der Waals surface area contributed by atoms with Crippen LogP contribution in [0.15, 0.2) is 4.99 Å². The fourth-order valence-electron chi connectivity index (χ4n) is 3.16. The molecule has 92 valence electrons. The Kier molecular flexibility index (Phi) is 2.73. The highest BCUT2D eigenvalue weighted by atomic mass is 16.2. The van der Waals surface area contributed by atoms with Crippen LogP contribution < -0.4 is 5.32 Å². The predicted octanol–water partition coefficient (Wildman–Crippen LogP) is 1.09. The average molecular weight is 234 g/mol. The number of carbonyl (C=O) groups is 2. The normalized spacial score (nSPS) is 36.9. The first-order valence-electron chi connectivity index (χ1n) is 6.61. The molecule has 0 bridgehead atoms. The summed E-state index contributed by atoms with van der Waals surface area (Å²) < 4.78 is 0. The number of hydrogen-bond acceptors (Lipinski definition) is 3. The fraction of sp³-hybridized carbons (Fsp3) is 0.769. The molecule has 0 aromatic carbocycles. The van der Waals surface area contributed by atoms with Crippen LogP contribution in [0.3, 0.4) is 0 Å². The number of carbonyl (C=O) groups excluding carboxylic acids is 2. The zero-order valence-corrected chi connectivity index (χ0v) is 9.89. The smallest absolute Gasteiger partial charge is 0.262 e. The molecule has 1 amide bonds. The van der Waals surface area contributed by atoms with Crippen LogP contribution >= 0.6 is 0 Å². The summed E-state index contributed by atoms with van der Waals surface area (Å²) in [5.74, 6) is 0.816. The number of amides is 1. The third-order valence-corrected chi connectivity index (χ3v) is 4.43. The SMILES string of the molecule is O=C1C=NC2CCC(C(=O)C3CCC3)CC2N1. The minimum absolute atomic E-state index is 0.0928. The maximum Gasteiger partial charge on any atom is 0.262 e. The topological polar surface area (TPSA) is 58.5 Å². The van der Waals surface area contributed by atoms with Crippen molar-refractivity contribution < 1.29 is 9.59 Å². The van der Waals surface area contributed by atoms with Crippen molar-refractivity contribution in [1.29, 1.82) is 0 Å². The minimum atomic E-state index is -0.108. The number of rotatable bonds is 2. The summed E-state index contributed by atoms with van der Waals surface area (Å²) in [5.41, 5.74) is 0. The Bertz CT molecular complexity index is 374. The van der Waals surface area contributed by atoms with E-state index in [9.17, 15) is 9.59 Å². The van der Waals surface area contributed by atoms with Gasteiger partial charge in [-0.2, -0.15) is 0 Å². The van der Waals surface area contributed by atoms with Gasteiger partial charge >= 0.3 is 0 Å². The van der Waals surface area contributed by atoms with Crippen molar-refractivity contribution in [2.45, 2.75) is 50.6 Å². The lowest BCUT2D eigenvalue weighted by Crippen LogP contribution is -2.51. The lowest BCUT2D eigenvalue weighted by atomic mass is 9.71. The van der Waals surface area contributed by atoms with E-state index in [1.165, 1.54) is 12.6 Å². The summed E-state index contributed by atoms with van der Waals surface area (Å²) in [4.78, 5) is 27.7. The van der Waals surface area contributed by atoms with Crippen molar-refractivity contribution in [3.8, 4) is 0 Å². The van der Waals surface area contributed by atoms with E-state index in [1.54, 1.807) is 0 Å². The van der Waals surface area contributed by atoms with Gasteiger partial charge in [0.2, 0.25) is 0 Å². The molecule has 1 aliphatic heterocycles. The number of nitrogens with zero attached hydrogens (tertiary/aromatic N) is 1. The molecule has 3 aliphatic rings. The van der Waals surface area contributed by atoms with E-state index in [1.807, 2.05) is 0 Å². The van der Waals surface area contributed by atoms with Crippen LogP contribution in [0.5, 0.6) is 0 Å².